The Hall–Kier alpha value is -4.48. The zero-order valence-corrected chi connectivity index (χ0v) is 28.5. The van der Waals surface area contributed by atoms with E-state index in [1.807, 2.05) is 102 Å². The first-order valence-corrected chi connectivity index (χ1v) is 15.8. The van der Waals surface area contributed by atoms with Gasteiger partial charge in [-0.1, -0.05) is 28.1 Å². The number of halogens is 1. The molecule has 4 aromatic rings. The molecule has 0 saturated carbocycles. The number of fused-ring (bicyclic) bond motifs is 2. The molecule has 2 aromatic heterocycles. The van der Waals surface area contributed by atoms with Crippen molar-refractivity contribution in [3.8, 4) is 12.1 Å². The predicted octanol–water partition coefficient (Wildman–Crippen LogP) is 7.76. The third-order valence-electron chi connectivity index (χ3n) is 5.81. The smallest absolute Gasteiger partial charge is 0.407 e. The van der Waals surface area contributed by atoms with Gasteiger partial charge in [0.15, 0.2) is 0 Å². The first-order valence-electron chi connectivity index (χ1n) is 14.7. The lowest BCUT2D eigenvalue weighted by molar-refractivity contribution is 0.0516. The van der Waals surface area contributed by atoms with Gasteiger partial charge in [0.25, 0.3) is 0 Å². The number of hydrogen-bond donors (Lipinski definition) is 3. The van der Waals surface area contributed by atoms with Gasteiger partial charge in [-0.05, 0) is 102 Å². The fourth-order valence-corrected chi connectivity index (χ4v) is 4.17. The number of ether oxygens (including phenoxy) is 2. The Labute approximate surface area is 273 Å². The van der Waals surface area contributed by atoms with Crippen LogP contribution in [0.4, 0.5) is 9.59 Å². The fraction of sp³-hybridized carbons (Fsp3) is 0.412. The Kier molecular flexibility index (Phi) is 14.5. The third-order valence-corrected chi connectivity index (χ3v) is 6.37. The van der Waals surface area contributed by atoms with Crippen LogP contribution in [0.15, 0.2) is 60.9 Å². The van der Waals surface area contributed by atoms with Crippen molar-refractivity contribution in [3.05, 3.63) is 72.1 Å². The second-order valence-electron chi connectivity index (χ2n) is 12.0. The van der Waals surface area contributed by atoms with Gasteiger partial charge >= 0.3 is 12.2 Å². The highest BCUT2D eigenvalue weighted by atomic mass is 79.9. The minimum Gasteiger partial charge on any atom is -0.444 e. The zero-order chi connectivity index (χ0) is 33.5. The monoisotopic (exact) mass is 678 g/mol. The molecule has 2 heterocycles. The van der Waals surface area contributed by atoms with E-state index in [1.54, 1.807) is 0 Å². The van der Waals surface area contributed by atoms with Gasteiger partial charge in [-0.25, -0.2) is 9.59 Å². The van der Waals surface area contributed by atoms with Crippen molar-refractivity contribution in [1.29, 1.82) is 10.5 Å². The van der Waals surface area contributed by atoms with Gasteiger partial charge in [0, 0.05) is 48.4 Å². The summed E-state index contributed by atoms with van der Waals surface area (Å²) in [5.74, 6) is 0. The maximum Gasteiger partial charge on any atom is 0.407 e. The van der Waals surface area contributed by atoms with Crippen LogP contribution in [0.5, 0.6) is 0 Å². The van der Waals surface area contributed by atoms with E-state index in [1.165, 1.54) is 0 Å². The molecule has 0 unspecified atom stereocenters. The van der Waals surface area contributed by atoms with Crippen molar-refractivity contribution in [3.63, 3.8) is 0 Å². The van der Waals surface area contributed by atoms with Gasteiger partial charge in [0.05, 0.1) is 23.3 Å². The lowest BCUT2D eigenvalue weighted by Gasteiger charge is -2.19. The van der Waals surface area contributed by atoms with Crippen LogP contribution in [-0.4, -0.2) is 51.4 Å². The normalized spacial score (nSPS) is 10.8. The fourth-order valence-electron chi connectivity index (χ4n) is 3.89. The molecule has 0 aliphatic heterocycles. The second kappa shape index (κ2) is 17.7. The van der Waals surface area contributed by atoms with Gasteiger partial charge in [-0.3, -0.25) is 0 Å². The minimum absolute atomic E-state index is 0.344. The van der Waals surface area contributed by atoms with E-state index in [4.69, 9.17) is 20.0 Å². The topological polar surface area (TPSA) is 145 Å². The molecule has 0 atom stereocenters. The number of alkyl halides is 1. The molecule has 0 aliphatic carbocycles. The molecule has 11 heteroatoms. The van der Waals surface area contributed by atoms with Crippen LogP contribution in [-0.2, 0) is 16.0 Å². The van der Waals surface area contributed by atoms with E-state index >= 15 is 0 Å². The Morgan fingerprint density at radius 3 is 1.93 bits per heavy atom. The van der Waals surface area contributed by atoms with E-state index in [0.717, 1.165) is 46.5 Å². The summed E-state index contributed by atoms with van der Waals surface area (Å²) in [5.41, 5.74) is 2.52. The molecular formula is C34H43BrN6O4. The molecule has 10 nitrogen and oxygen atoms in total. The molecule has 2 amide bonds. The second-order valence-corrected chi connectivity index (χ2v) is 12.8. The van der Waals surface area contributed by atoms with Gasteiger partial charge in [-0.2, -0.15) is 10.5 Å². The number of nitrogens with one attached hydrogen (secondary N) is 3. The maximum absolute atomic E-state index is 11.5. The number of H-pyrrole nitrogens is 1. The highest BCUT2D eigenvalue weighted by Gasteiger charge is 2.16. The van der Waals surface area contributed by atoms with Crippen LogP contribution >= 0.6 is 15.9 Å². The number of amides is 2. The summed E-state index contributed by atoms with van der Waals surface area (Å²) in [6.45, 7) is 13.0. The highest BCUT2D eigenvalue weighted by Crippen LogP contribution is 2.18. The minimum atomic E-state index is -0.478. The molecule has 2 aromatic carbocycles. The summed E-state index contributed by atoms with van der Waals surface area (Å²) in [6, 6.07) is 19.5. The molecule has 45 heavy (non-hydrogen) atoms. The molecule has 0 bridgehead atoms. The molecule has 0 radical (unpaired) electrons. The number of carbonyl (C=O) groups is 2. The first-order chi connectivity index (χ1) is 21.2. The number of aromatic nitrogens is 2. The average molecular weight is 680 g/mol. The quantitative estimate of drug-likeness (QED) is 0.135. The number of aryl methyl sites for hydroxylation is 1. The van der Waals surface area contributed by atoms with Crippen molar-refractivity contribution in [2.24, 2.45) is 0 Å². The summed E-state index contributed by atoms with van der Waals surface area (Å²) in [4.78, 5) is 25.6. The molecule has 3 N–H and O–H groups in total. The molecule has 0 saturated heterocycles. The number of benzene rings is 2. The molecule has 4 rings (SSSR count). The van der Waals surface area contributed by atoms with Crippen LogP contribution in [0.1, 0.15) is 65.5 Å². The SMILES string of the molecule is CC(C)(C)OC(=O)NCCCBr.CC(C)(C)OC(=O)NCCCn1ccc2ccc(C#N)cc21.N#Cc1ccc2cc[nH]c2c1. The number of aromatic amines is 1. The lowest BCUT2D eigenvalue weighted by atomic mass is 10.2. The zero-order valence-electron chi connectivity index (χ0n) is 26.9. The Balaban J connectivity index is 0.000000259. The van der Waals surface area contributed by atoms with E-state index in [0.29, 0.717) is 24.2 Å². The van der Waals surface area contributed by atoms with Crippen LogP contribution in [0.2, 0.25) is 0 Å². The number of rotatable bonds is 7. The van der Waals surface area contributed by atoms with Gasteiger partial charge < -0.3 is 29.7 Å². The molecule has 240 valence electrons. The third kappa shape index (κ3) is 14.2. The van der Waals surface area contributed by atoms with Crippen molar-refractivity contribution in [1.82, 2.24) is 20.2 Å². The Morgan fingerprint density at radius 2 is 1.38 bits per heavy atom. The lowest BCUT2D eigenvalue weighted by Crippen LogP contribution is -2.33. The molecule has 0 fully saturated rings. The number of nitriles is 2. The number of alkyl carbamates (subject to hydrolysis) is 2. The van der Waals surface area contributed by atoms with Crippen LogP contribution in [0.3, 0.4) is 0 Å². The summed E-state index contributed by atoms with van der Waals surface area (Å²) < 4.78 is 12.3. The van der Waals surface area contributed by atoms with Gasteiger partial charge in [0.2, 0.25) is 0 Å². The predicted molar refractivity (Wildman–Crippen MR) is 181 cm³/mol. The van der Waals surface area contributed by atoms with Crippen molar-refractivity contribution in [2.45, 2.75) is 72.1 Å². The standard InChI is InChI=1S/C17H21N3O2.C9H6N2.C8H16BrNO2/c1-17(2,3)22-16(21)19-8-4-9-20-10-7-14-6-5-13(12-18)11-15(14)20;10-6-7-1-2-8-3-4-11-9(8)5-7;1-8(2,3)12-7(11)10-6-4-5-9/h5-7,10-11H,4,8-9H2,1-3H3,(H,19,21);1-5,11H;4-6H2,1-3H3,(H,10,11). The number of carbonyl (C=O) groups excluding carboxylic acids is 2. The van der Waals surface area contributed by atoms with E-state index in [2.05, 4.69) is 48.3 Å². The van der Waals surface area contributed by atoms with Crippen LogP contribution in [0.25, 0.3) is 21.8 Å². The largest absolute Gasteiger partial charge is 0.444 e. The highest BCUT2D eigenvalue weighted by molar-refractivity contribution is 9.09. The first kappa shape index (κ1) is 36.7. The van der Waals surface area contributed by atoms with Gasteiger partial charge in [0.1, 0.15) is 11.2 Å². The van der Waals surface area contributed by atoms with E-state index in [-0.39, 0.29) is 6.09 Å². The summed E-state index contributed by atoms with van der Waals surface area (Å²) in [7, 11) is 0. The van der Waals surface area contributed by atoms with E-state index in [9.17, 15) is 9.59 Å². The summed E-state index contributed by atoms with van der Waals surface area (Å²) in [5, 5.41) is 26.1. The van der Waals surface area contributed by atoms with Crippen molar-refractivity contribution < 1.29 is 19.1 Å². The summed E-state index contributed by atoms with van der Waals surface area (Å²) >= 11 is 3.27. The van der Waals surface area contributed by atoms with Crippen LogP contribution in [0, 0.1) is 22.7 Å². The summed E-state index contributed by atoms with van der Waals surface area (Å²) in [6.07, 6.45) is 4.84. The molecule has 0 spiro atoms. The van der Waals surface area contributed by atoms with Crippen LogP contribution < -0.4 is 10.6 Å². The average Bonchev–Trinajstić information content (AvgIpc) is 3.60. The molecule has 0 aliphatic rings. The molecular weight excluding hydrogens is 636 g/mol. The number of hydrogen-bond acceptors (Lipinski definition) is 6. The Bertz CT molecular complexity index is 1620. The van der Waals surface area contributed by atoms with Gasteiger partial charge in [-0.15, -0.1) is 0 Å². The Morgan fingerprint density at radius 1 is 0.822 bits per heavy atom. The number of nitrogens with zero attached hydrogens (tertiary/aromatic N) is 3. The van der Waals surface area contributed by atoms with Crippen molar-refractivity contribution in [2.75, 3.05) is 18.4 Å². The van der Waals surface area contributed by atoms with Crippen molar-refractivity contribution >= 4 is 49.9 Å². The van der Waals surface area contributed by atoms with E-state index < -0.39 is 17.3 Å². The maximum atomic E-state index is 11.5.